The highest BCUT2D eigenvalue weighted by Crippen LogP contribution is 2.45. The van der Waals surface area contributed by atoms with Crippen molar-refractivity contribution in [2.45, 2.75) is 46.1 Å². The van der Waals surface area contributed by atoms with Gasteiger partial charge in [0.2, 0.25) is 0 Å². The number of hydrogen-bond acceptors (Lipinski definition) is 7. The summed E-state index contributed by atoms with van der Waals surface area (Å²) in [5.41, 5.74) is 28.5. The van der Waals surface area contributed by atoms with Gasteiger partial charge in [-0.05, 0) is 122 Å². The average molecular weight is 1080 g/mol. The molecule has 394 valence electrons. The minimum atomic E-state index is -0.148. The zero-order chi connectivity index (χ0) is 55.4. The van der Waals surface area contributed by atoms with E-state index < -0.39 is 0 Å². The second-order valence-electron chi connectivity index (χ2n) is 23.3. The van der Waals surface area contributed by atoms with Gasteiger partial charge in [0.1, 0.15) is 0 Å². The van der Waals surface area contributed by atoms with E-state index in [1.54, 1.807) is 0 Å². The van der Waals surface area contributed by atoms with Crippen LogP contribution in [-0.4, -0.2) is 50.9 Å². The van der Waals surface area contributed by atoms with Crippen LogP contribution in [0, 0.1) is 20.8 Å². The van der Waals surface area contributed by atoms with Crippen LogP contribution in [0.15, 0.2) is 175 Å². The quantitative estimate of drug-likeness (QED) is 0.116. The summed E-state index contributed by atoms with van der Waals surface area (Å²) in [5.74, 6) is -0.0670. The number of aryl methyl sites for hydroxylation is 3. The molecule has 0 saturated heterocycles. The topological polar surface area (TPSA) is 137 Å². The van der Waals surface area contributed by atoms with Crippen LogP contribution in [0.4, 0.5) is 0 Å². The van der Waals surface area contributed by atoms with Gasteiger partial charge in [-0.15, -0.1) is 0 Å². The third-order valence-corrected chi connectivity index (χ3v) is 19.1. The molecule has 2 aliphatic heterocycles. The maximum Gasteiger partial charge on any atom is 0.0996 e. The summed E-state index contributed by atoms with van der Waals surface area (Å²) in [4.78, 5) is 52.1. The molecule has 7 aromatic carbocycles. The standard InChI is InChI=1S/C74H48N10/c1-35-41-19-11-23-45-53-31-27-49-67(75-53)68-50(28-32-54(76-68)46-24-12-20-42-36(2)60(80-64(42)46)57(59(35)79-63(41)45)39-15-7-5-8-16-39)72-71(49)83-73-51-29-33-55-47-25-13-21-43-37(3)61(81-65(43)47)58(40-17-9-6-10-18-40)62-38(4)44-22-14-26-48(66(44)82-62)56-34-30-52(74(73)84-72)70(78-56)69(51)77-55/h5-21,23-34,57,60,79,81-82H,22H2,1-4H3. The van der Waals surface area contributed by atoms with E-state index in [4.69, 9.17) is 34.9 Å². The molecule has 3 aliphatic rings. The predicted molar refractivity (Wildman–Crippen MR) is 343 cm³/mol. The molecule has 10 heteroatoms. The van der Waals surface area contributed by atoms with E-state index in [1.165, 1.54) is 33.4 Å². The normalized spacial score (nSPS) is 15.4. The molecule has 11 heterocycles. The Bertz CT molecular complexity index is 5950. The summed E-state index contributed by atoms with van der Waals surface area (Å²) >= 11 is 0. The Balaban J connectivity index is 0.941. The fraction of sp³-hybridized carbons (Fsp3) is 0.0946. The average Bonchev–Trinajstić information content (AvgIpc) is 1.98. The Morgan fingerprint density at radius 2 is 0.964 bits per heavy atom. The van der Waals surface area contributed by atoms with Crippen LogP contribution in [0.2, 0.25) is 0 Å². The molecule has 0 fully saturated rings. The fourth-order valence-electron chi connectivity index (χ4n) is 14.9. The molecule has 0 radical (unpaired) electrons. The van der Waals surface area contributed by atoms with E-state index >= 15 is 0 Å². The number of pyridine rings is 4. The first-order valence-electron chi connectivity index (χ1n) is 28.9. The van der Waals surface area contributed by atoms with Crippen LogP contribution in [0.5, 0.6) is 0 Å². The molecule has 1 aliphatic carbocycles. The molecule has 3 N–H and O–H groups in total. The molecule has 19 rings (SSSR count). The number of allylic oxidation sites excluding steroid dienone is 1. The summed E-state index contributed by atoms with van der Waals surface area (Å²) in [6, 6.07) is 58.4. The summed E-state index contributed by atoms with van der Waals surface area (Å²) in [6.07, 6.45) is 5.30. The highest BCUT2D eigenvalue weighted by Gasteiger charge is 2.34. The van der Waals surface area contributed by atoms with Gasteiger partial charge in [-0.25, -0.2) is 29.9 Å². The van der Waals surface area contributed by atoms with Crippen molar-refractivity contribution in [3.05, 3.63) is 220 Å². The lowest BCUT2D eigenvalue weighted by molar-refractivity contribution is 0.690. The van der Waals surface area contributed by atoms with E-state index in [0.717, 1.165) is 182 Å². The van der Waals surface area contributed by atoms with Crippen molar-refractivity contribution in [1.29, 1.82) is 0 Å². The summed E-state index contributed by atoms with van der Waals surface area (Å²) in [6.45, 7) is 8.99. The Morgan fingerprint density at radius 3 is 1.69 bits per heavy atom. The number of benzene rings is 7. The van der Waals surface area contributed by atoms with Gasteiger partial charge in [0, 0.05) is 70.9 Å². The molecule has 0 spiro atoms. The van der Waals surface area contributed by atoms with E-state index in [9.17, 15) is 0 Å². The van der Waals surface area contributed by atoms with Gasteiger partial charge in [0.25, 0.3) is 0 Å². The number of aromatic nitrogens is 9. The zero-order valence-electron chi connectivity index (χ0n) is 46.2. The summed E-state index contributed by atoms with van der Waals surface area (Å²) in [7, 11) is 0. The molecule has 0 saturated carbocycles. The van der Waals surface area contributed by atoms with Gasteiger partial charge in [-0.2, -0.15) is 0 Å². The predicted octanol–water partition coefficient (Wildman–Crippen LogP) is 16.1. The smallest absolute Gasteiger partial charge is 0.0996 e. The number of hydrogen-bond donors (Lipinski definition) is 3. The molecule has 10 nitrogen and oxygen atoms in total. The highest BCUT2D eigenvalue weighted by atomic mass is 14.9. The Morgan fingerprint density at radius 1 is 0.405 bits per heavy atom. The Kier molecular flexibility index (Phi) is 9.02. The van der Waals surface area contributed by atoms with Crippen LogP contribution in [0.1, 0.15) is 51.9 Å². The largest absolute Gasteiger partial charge is 0.357 e. The second-order valence-corrected chi connectivity index (χ2v) is 23.3. The number of H-pyrrole nitrogens is 3. The van der Waals surface area contributed by atoms with Crippen molar-refractivity contribution in [3.63, 3.8) is 0 Å². The highest BCUT2D eigenvalue weighted by molar-refractivity contribution is 6.27. The molecule has 16 bridgehead atoms. The fourth-order valence-corrected chi connectivity index (χ4v) is 14.9. The van der Waals surface area contributed by atoms with E-state index in [2.05, 4.69) is 219 Å². The molecule has 2 atom stereocenters. The first-order valence-corrected chi connectivity index (χ1v) is 28.9. The van der Waals surface area contributed by atoms with Crippen LogP contribution in [-0.2, 0) is 6.42 Å². The molecule has 9 aromatic heterocycles. The molecule has 0 amide bonds. The number of fused-ring (bicyclic) bond motifs is 18. The van der Waals surface area contributed by atoms with Crippen molar-refractivity contribution in [1.82, 2.24) is 44.9 Å². The zero-order valence-corrected chi connectivity index (χ0v) is 46.2. The van der Waals surface area contributed by atoms with Gasteiger partial charge < -0.3 is 15.0 Å². The molecular weight excluding hydrogens is 1030 g/mol. The summed E-state index contributed by atoms with van der Waals surface area (Å²) in [5, 5.41) is 8.88. The number of aromatic amines is 3. The van der Waals surface area contributed by atoms with E-state index in [-0.39, 0.29) is 12.0 Å². The van der Waals surface area contributed by atoms with Crippen molar-refractivity contribution < 1.29 is 0 Å². The van der Waals surface area contributed by atoms with Crippen LogP contribution < -0.4 is 10.6 Å². The van der Waals surface area contributed by atoms with E-state index in [1.807, 2.05) is 0 Å². The molecule has 16 aromatic rings. The van der Waals surface area contributed by atoms with Gasteiger partial charge >= 0.3 is 0 Å². The van der Waals surface area contributed by atoms with Crippen LogP contribution in [0.3, 0.4) is 0 Å². The first-order chi connectivity index (χ1) is 41.3. The summed E-state index contributed by atoms with van der Waals surface area (Å²) < 4.78 is 0. The first kappa shape index (κ1) is 46.0. The van der Waals surface area contributed by atoms with Crippen LogP contribution >= 0.6 is 0 Å². The Labute approximate surface area is 478 Å². The van der Waals surface area contributed by atoms with Gasteiger partial charge in [0.05, 0.1) is 111 Å². The third kappa shape index (κ3) is 6.05. The monoisotopic (exact) mass is 1080 g/mol. The van der Waals surface area contributed by atoms with Crippen molar-refractivity contribution in [2.24, 2.45) is 4.99 Å². The lowest BCUT2D eigenvalue weighted by atomic mass is 9.84. The van der Waals surface area contributed by atoms with Gasteiger partial charge in [-0.1, -0.05) is 127 Å². The maximum atomic E-state index is 5.78. The number of rotatable bonds is 2. The SMILES string of the molecule is CC1=c2cccc3c2=NC1C(c1ccccc1)c1[nH]c2c(cccc2c1C)-c1ccc2c(n1)c1nc-3ccc1c1nc3c4ccc5nc4c4nc(ccc4c3nc21)c1cccc2c(C)c([nH]c21)c(-c1ccccc1)c1[nH]c2c(c1C)CC=Cc52. The Hall–Kier alpha value is -10.7. The lowest BCUT2D eigenvalue weighted by Gasteiger charge is -2.24. The minimum Gasteiger partial charge on any atom is -0.357 e. The second kappa shape index (κ2) is 16.5. The number of para-hydroxylation sites is 3. The lowest BCUT2D eigenvalue weighted by Crippen LogP contribution is -2.25. The van der Waals surface area contributed by atoms with Crippen molar-refractivity contribution in [2.75, 3.05) is 0 Å². The van der Waals surface area contributed by atoms with Crippen molar-refractivity contribution >= 4 is 132 Å². The van der Waals surface area contributed by atoms with E-state index in [0.29, 0.717) is 0 Å². The van der Waals surface area contributed by atoms with Crippen LogP contribution in [0.25, 0.3) is 166 Å². The number of nitrogens with zero attached hydrogens (tertiary/aromatic N) is 7. The molecule has 84 heavy (non-hydrogen) atoms. The number of nitrogens with one attached hydrogen (secondary N) is 3. The molecule has 2 unspecified atom stereocenters. The van der Waals surface area contributed by atoms with Gasteiger partial charge in [-0.3, -0.25) is 4.99 Å². The maximum absolute atomic E-state index is 5.78. The van der Waals surface area contributed by atoms with Gasteiger partial charge in [0.15, 0.2) is 0 Å². The molecular formula is C74H48N10. The van der Waals surface area contributed by atoms with Crippen molar-refractivity contribution in [3.8, 4) is 33.6 Å². The third-order valence-electron chi connectivity index (χ3n) is 19.1. The minimum absolute atomic E-state index is 0.0670.